The molecule has 1 aliphatic heterocycles. The van der Waals surface area contributed by atoms with Crippen molar-refractivity contribution < 1.29 is 4.79 Å². The van der Waals surface area contributed by atoms with Gasteiger partial charge in [-0.25, -0.2) is 4.98 Å². The van der Waals surface area contributed by atoms with Crippen LogP contribution in [0.5, 0.6) is 0 Å². The Morgan fingerprint density at radius 1 is 1.12 bits per heavy atom. The van der Waals surface area contributed by atoms with E-state index in [1.165, 1.54) is 0 Å². The normalized spacial score (nSPS) is 16.0. The molecule has 0 radical (unpaired) electrons. The number of nitrogens with zero attached hydrogens (tertiary/aromatic N) is 3. The molecule has 1 fully saturated rings. The van der Waals surface area contributed by atoms with E-state index < -0.39 is 0 Å². The Bertz CT molecular complexity index is 649. The van der Waals surface area contributed by atoms with E-state index in [2.05, 4.69) is 39.7 Å². The van der Waals surface area contributed by atoms with Gasteiger partial charge in [0, 0.05) is 32.1 Å². The zero-order chi connectivity index (χ0) is 17.6. The summed E-state index contributed by atoms with van der Waals surface area (Å²) < 4.78 is 0. The lowest BCUT2D eigenvalue weighted by atomic mass is 9.96. The molecule has 1 amide bonds. The lowest BCUT2D eigenvalue weighted by Gasteiger charge is -2.36. The topological polar surface area (TPSA) is 52.2 Å². The summed E-state index contributed by atoms with van der Waals surface area (Å²) in [6, 6.07) is 8.13. The van der Waals surface area contributed by atoms with E-state index in [9.17, 15) is 4.79 Å². The molecule has 0 bridgehead atoms. The van der Waals surface area contributed by atoms with Gasteiger partial charge in [-0.3, -0.25) is 9.69 Å². The minimum Gasteiger partial charge on any atom is -0.341 e. The predicted molar refractivity (Wildman–Crippen MR) is 101 cm³/mol. The summed E-state index contributed by atoms with van der Waals surface area (Å²) in [4.78, 5) is 25.3. The number of imidazole rings is 1. The van der Waals surface area contributed by atoms with E-state index in [0.29, 0.717) is 5.91 Å². The van der Waals surface area contributed by atoms with Gasteiger partial charge in [-0.15, -0.1) is 0 Å². The maximum Gasteiger partial charge on any atom is 0.225 e. The second-order valence-corrected chi connectivity index (χ2v) is 7.08. The third-order valence-corrected chi connectivity index (χ3v) is 5.12. The second kappa shape index (κ2) is 8.48. The number of aromatic amines is 1. The quantitative estimate of drug-likeness (QED) is 0.839. The van der Waals surface area contributed by atoms with Crippen molar-refractivity contribution in [2.75, 3.05) is 26.2 Å². The number of hydrogen-bond donors (Lipinski definition) is 1. The van der Waals surface area contributed by atoms with E-state index in [0.717, 1.165) is 75.3 Å². The van der Waals surface area contributed by atoms with Crippen LogP contribution in [0.1, 0.15) is 45.4 Å². The fourth-order valence-electron chi connectivity index (χ4n) is 3.77. The number of H-pyrrole nitrogens is 1. The first-order valence-electron chi connectivity index (χ1n) is 9.66. The summed E-state index contributed by atoms with van der Waals surface area (Å²) in [5.41, 5.74) is 2.11. The Balaban J connectivity index is 1.53. The third-order valence-electron chi connectivity index (χ3n) is 5.12. The zero-order valence-electron chi connectivity index (χ0n) is 15.5. The maximum absolute atomic E-state index is 12.7. The van der Waals surface area contributed by atoms with E-state index in [1.807, 2.05) is 18.2 Å². The molecular weight excluding hydrogens is 312 g/mol. The first-order valence-corrected chi connectivity index (χ1v) is 9.66. The Kier molecular flexibility index (Phi) is 6.08. The number of rotatable bonds is 7. The highest BCUT2D eigenvalue weighted by Gasteiger charge is 2.26. The number of hydrogen-bond acceptors (Lipinski definition) is 3. The minimum atomic E-state index is 0.219. The lowest BCUT2D eigenvalue weighted by molar-refractivity contribution is -0.137. The Labute approximate surface area is 150 Å². The van der Waals surface area contributed by atoms with Gasteiger partial charge >= 0.3 is 0 Å². The number of benzene rings is 1. The molecule has 3 rings (SSSR count). The van der Waals surface area contributed by atoms with E-state index >= 15 is 0 Å². The van der Waals surface area contributed by atoms with Crippen LogP contribution in [0, 0.1) is 5.92 Å². The van der Waals surface area contributed by atoms with Crippen molar-refractivity contribution in [1.29, 1.82) is 0 Å². The molecule has 1 N–H and O–H groups in total. The van der Waals surface area contributed by atoms with Crippen LogP contribution in [0.3, 0.4) is 0 Å². The van der Waals surface area contributed by atoms with Crippen LogP contribution in [0.15, 0.2) is 24.3 Å². The smallest absolute Gasteiger partial charge is 0.225 e. The molecule has 2 heterocycles. The van der Waals surface area contributed by atoms with Crippen molar-refractivity contribution in [3.8, 4) is 0 Å². The number of piperazine rings is 1. The van der Waals surface area contributed by atoms with Gasteiger partial charge in [-0.05, 0) is 25.0 Å². The molecule has 0 aliphatic carbocycles. The van der Waals surface area contributed by atoms with Crippen LogP contribution < -0.4 is 0 Å². The molecule has 5 nitrogen and oxygen atoms in total. The van der Waals surface area contributed by atoms with Gasteiger partial charge in [-0.2, -0.15) is 0 Å². The van der Waals surface area contributed by atoms with E-state index in [1.54, 1.807) is 0 Å². The molecule has 0 saturated carbocycles. The van der Waals surface area contributed by atoms with Crippen LogP contribution in [0.25, 0.3) is 11.0 Å². The number of amides is 1. The summed E-state index contributed by atoms with van der Waals surface area (Å²) in [6.07, 6.45) is 4.21. The summed E-state index contributed by atoms with van der Waals surface area (Å²) in [7, 11) is 0. The standard InChI is InChI=1S/C20H30N4O/c1-3-7-16(8-4-2)20(25)24-13-11-23(12-14-24)15-19-21-17-9-5-6-10-18(17)22-19/h5-6,9-10,16H,3-4,7-8,11-15H2,1-2H3,(H,21,22). The first kappa shape index (κ1) is 17.9. The van der Waals surface area contributed by atoms with Crippen molar-refractivity contribution >= 4 is 16.9 Å². The highest BCUT2D eigenvalue weighted by molar-refractivity contribution is 5.79. The van der Waals surface area contributed by atoms with E-state index in [-0.39, 0.29) is 5.92 Å². The molecule has 0 spiro atoms. The average Bonchev–Trinajstić information content (AvgIpc) is 3.04. The fourth-order valence-corrected chi connectivity index (χ4v) is 3.77. The highest BCUT2D eigenvalue weighted by Crippen LogP contribution is 2.19. The number of para-hydroxylation sites is 2. The maximum atomic E-state index is 12.7. The number of aromatic nitrogens is 2. The van der Waals surface area contributed by atoms with Gasteiger partial charge in [0.25, 0.3) is 0 Å². The van der Waals surface area contributed by atoms with Crippen molar-refractivity contribution in [3.05, 3.63) is 30.1 Å². The molecule has 5 heteroatoms. The molecule has 0 atom stereocenters. The van der Waals surface area contributed by atoms with Gasteiger partial charge in [-0.1, -0.05) is 38.8 Å². The molecular formula is C20H30N4O. The number of carbonyl (C=O) groups is 1. The first-order chi connectivity index (χ1) is 12.2. The molecule has 1 aliphatic rings. The van der Waals surface area contributed by atoms with Crippen LogP contribution in [0.4, 0.5) is 0 Å². The fraction of sp³-hybridized carbons (Fsp3) is 0.600. The molecule has 0 unspecified atom stereocenters. The zero-order valence-corrected chi connectivity index (χ0v) is 15.5. The van der Waals surface area contributed by atoms with Crippen molar-refractivity contribution in [1.82, 2.24) is 19.8 Å². The van der Waals surface area contributed by atoms with Gasteiger partial charge in [0.05, 0.1) is 17.6 Å². The van der Waals surface area contributed by atoms with Gasteiger partial charge in [0.15, 0.2) is 0 Å². The molecule has 1 aromatic carbocycles. The monoisotopic (exact) mass is 342 g/mol. The van der Waals surface area contributed by atoms with Crippen molar-refractivity contribution in [2.45, 2.75) is 46.1 Å². The third kappa shape index (κ3) is 4.40. The van der Waals surface area contributed by atoms with Crippen LogP contribution >= 0.6 is 0 Å². The summed E-state index contributed by atoms with van der Waals surface area (Å²) >= 11 is 0. The predicted octanol–water partition coefficient (Wildman–Crippen LogP) is 3.42. The van der Waals surface area contributed by atoms with Gasteiger partial charge < -0.3 is 9.88 Å². The molecule has 2 aromatic rings. The van der Waals surface area contributed by atoms with Crippen molar-refractivity contribution in [2.24, 2.45) is 5.92 Å². The van der Waals surface area contributed by atoms with E-state index in [4.69, 9.17) is 0 Å². The Morgan fingerprint density at radius 3 is 2.44 bits per heavy atom. The number of fused-ring (bicyclic) bond motifs is 1. The second-order valence-electron chi connectivity index (χ2n) is 7.08. The molecule has 1 saturated heterocycles. The Hall–Kier alpha value is -1.88. The van der Waals surface area contributed by atoms with Gasteiger partial charge in [0.2, 0.25) is 5.91 Å². The molecule has 1 aromatic heterocycles. The van der Waals surface area contributed by atoms with Crippen LogP contribution in [-0.2, 0) is 11.3 Å². The number of nitrogens with one attached hydrogen (secondary N) is 1. The SMILES string of the molecule is CCCC(CCC)C(=O)N1CCN(Cc2nc3ccccc3[nH]2)CC1. The molecule has 25 heavy (non-hydrogen) atoms. The summed E-state index contributed by atoms with van der Waals surface area (Å²) in [5, 5.41) is 0. The molecule has 136 valence electrons. The summed E-state index contributed by atoms with van der Waals surface area (Å²) in [6.45, 7) is 8.68. The lowest BCUT2D eigenvalue weighted by Crippen LogP contribution is -2.50. The summed E-state index contributed by atoms with van der Waals surface area (Å²) in [5.74, 6) is 1.60. The van der Waals surface area contributed by atoms with Gasteiger partial charge in [0.1, 0.15) is 5.82 Å². The largest absolute Gasteiger partial charge is 0.341 e. The highest BCUT2D eigenvalue weighted by atomic mass is 16.2. The van der Waals surface area contributed by atoms with Crippen molar-refractivity contribution in [3.63, 3.8) is 0 Å². The number of carbonyl (C=O) groups excluding carboxylic acids is 1. The average molecular weight is 342 g/mol. The Morgan fingerprint density at radius 2 is 1.80 bits per heavy atom. The van der Waals surface area contributed by atoms with Crippen LogP contribution in [-0.4, -0.2) is 51.9 Å². The minimum absolute atomic E-state index is 0.219. The van der Waals surface area contributed by atoms with Crippen LogP contribution in [0.2, 0.25) is 0 Å².